The number of hydrogen-bond acceptors (Lipinski definition) is 6. The number of methoxy groups -OCH3 is 1. The predicted molar refractivity (Wildman–Crippen MR) is 103 cm³/mol. The summed E-state index contributed by atoms with van der Waals surface area (Å²) in [4.78, 5) is 35.9. The van der Waals surface area contributed by atoms with Crippen LogP contribution in [0.2, 0.25) is 5.02 Å². The van der Waals surface area contributed by atoms with Gasteiger partial charge in [-0.1, -0.05) is 11.6 Å². The van der Waals surface area contributed by atoms with E-state index in [1.54, 1.807) is 26.8 Å². The van der Waals surface area contributed by atoms with Crippen molar-refractivity contribution in [2.45, 2.75) is 39.8 Å². The highest BCUT2D eigenvalue weighted by molar-refractivity contribution is 6.31. The Morgan fingerprint density at radius 1 is 1.29 bits per heavy atom. The van der Waals surface area contributed by atoms with Gasteiger partial charge < -0.3 is 24.8 Å². The molecule has 1 heterocycles. The molecule has 2 N–H and O–H groups in total. The zero-order valence-corrected chi connectivity index (χ0v) is 17.1. The van der Waals surface area contributed by atoms with E-state index in [1.807, 2.05) is 0 Å². The normalized spacial score (nSPS) is 17.4. The maximum atomic E-state index is 12.1. The number of allylic oxidation sites excluding steroid dienone is 1. The first kappa shape index (κ1) is 21.6. The Kier molecular flexibility index (Phi) is 6.90. The van der Waals surface area contributed by atoms with Crippen molar-refractivity contribution in [2.24, 2.45) is 0 Å². The Morgan fingerprint density at radius 2 is 1.96 bits per heavy atom. The van der Waals surface area contributed by atoms with Gasteiger partial charge in [0.2, 0.25) is 0 Å². The number of esters is 1. The van der Waals surface area contributed by atoms with Crippen LogP contribution in [0, 0.1) is 0 Å². The van der Waals surface area contributed by atoms with Crippen molar-refractivity contribution < 1.29 is 28.6 Å². The van der Waals surface area contributed by atoms with Crippen LogP contribution < -0.4 is 20.1 Å². The minimum absolute atomic E-state index is 0.207. The molecule has 0 spiro atoms. The monoisotopic (exact) mass is 410 g/mol. The lowest BCUT2D eigenvalue weighted by atomic mass is 9.92. The van der Waals surface area contributed by atoms with E-state index >= 15 is 0 Å². The van der Waals surface area contributed by atoms with Gasteiger partial charge in [-0.15, -0.1) is 0 Å². The molecule has 9 heteroatoms. The van der Waals surface area contributed by atoms with Gasteiger partial charge in [0.1, 0.15) is 0 Å². The molecule has 2 atom stereocenters. The van der Waals surface area contributed by atoms with Crippen LogP contribution in [0.3, 0.4) is 0 Å². The van der Waals surface area contributed by atoms with Crippen LogP contribution in [0.25, 0.3) is 0 Å². The smallest absolute Gasteiger partial charge is 0.347 e. The summed E-state index contributed by atoms with van der Waals surface area (Å²) in [5, 5.41) is 5.52. The second-order valence-electron chi connectivity index (χ2n) is 6.16. The molecule has 0 radical (unpaired) electrons. The zero-order valence-electron chi connectivity index (χ0n) is 16.3. The van der Waals surface area contributed by atoms with Crippen LogP contribution in [-0.2, 0) is 14.3 Å². The minimum atomic E-state index is -0.871. The van der Waals surface area contributed by atoms with Gasteiger partial charge in [-0.2, -0.15) is 0 Å². The Bertz CT molecular complexity index is 836. The van der Waals surface area contributed by atoms with Crippen molar-refractivity contribution in [1.82, 2.24) is 10.6 Å². The topological polar surface area (TPSA) is 103 Å². The molecular weight excluding hydrogens is 388 g/mol. The number of carbonyl (C=O) groups is 3. The van der Waals surface area contributed by atoms with Crippen LogP contribution in [0.5, 0.6) is 11.5 Å². The van der Waals surface area contributed by atoms with Gasteiger partial charge in [0, 0.05) is 22.9 Å². The average molecular weight is 411 g/mol. The molecular formula is C19H23ClN2O6. The average Bonchev–Trinajstić information content (AvgIpc) is 2.60. The molecule has 2 amide bonds. The van der Waals surface area contributed by atoms with E-state index in [4.69, 9.17) is 25.8 Å². The molecule has 1 aromatic rings. The maximum absolute atomic E-state index is 12.1. The Morgan fingerprint density at radius 3 is 2.54 bits per heavy atom. The number of amides is 2. The number of carbonyl (C=O) groups excluding carboxylic acids is 3. The summed E-state index contributed by atoms with van der Waals surface area (Å²) >= 11 is 6.42. The number of nitrogens with one attached hydrogen (secondary N) is 2. The number of hydrogen-bond donors (Lipinski definition) is 2. The number of ketones is 1. The van der Waals surface area contributed by atoms with E-state index < -0.39 is 24.1 Å². The third kappa shape index (κ3) is 4.56. The molecule has 0 bridgehead atoms. The van der Waals surface area contributed by atoms with E-state index in [9.17, 15) is 14.4 Å². The fourth-order valence-corrected chi connectivity index (χ4v) is 3.18. The maximum Gasteiger partial charge on any atom is 0.347 e. The fourth-order valence-electron chi connectivity index (χ4n) is 2.92. The molecule has 152 valence electrons. The largest absolute Gasteiger partial charge is 0.493 e. The molecule has 8 nitrogen and oxygen atoms in total. The van der Waals surface area contributed by atoms with E-state index in [0.29, 0.717) is 22.6 Å². The SMILES string of the molecule is CCOC(=O)[C@H](C)Oc1cc(Cl)c([C@@H]2NC(=O)NC(C)=C2C(C)=O)cc1OC. The molecule has 1 aliphatic heterocycles. The minimum Gasteiger partial charge on any atom is -0.493 e. The van der Waals surface area contributed by atoms with E-state index in [1.165, 1.54) is 20.1 Å². The summed E-state index contributed by atoms with van der Waals surface area (Å²) in [7, 11) is 1.43. The van der Waals surface area contributed by atoms with Gasteiger partial charge in [0.05, 0.1) is 24.8 Å². The number of halogens is 1. The lowest BCUT2D eigenvalue weighted by Gasteiger charge is -2.29. The Labute approximate surface area is 168 Å². The van der Waals surface area contributed by atoms with Gasteiger partial charge in [-0.05, 0) is 33.8 Å². The van der Waals surface area contributed by atoms with E-state index in [-0.39, 0.29) is 23.2 Å². The molecule has 0 aliphatic carbocycles. The summed E-state index contributed by atoms with van der Waals surface area (Å²) in [6.45, 7) is 6.54. The van der Waals surface area contributed by atoms with Crippen LogP contribution >= 0.6 is 11.6 Å². The summed E-state index contributed by atoms with van der Waals surface area (Å²) in [5.41, 5.74) is 1.30. The summed E-state index contributed by atoms with van der Waals surface area (Å²) in [6.07, 6.45) is -0.871. The Hall–Kier alpha value is -2.74. The van der Waals surface area contributed by atoms with Gasteiger partial charge in [0.25, 0.3) is 0 Å². The first-order chi connectivity index (χ1) is 13.2. The molecule has 1 aromatic carbocycles. The molecule has 28 heavy (non-hydrogen) atoms. The molecule has 0 saturated heterocycles. The molecule has 0 aromatic heterocycles. The molecule has 2 rings (SSSR count). The van der Waals surface area contributed by atoms with Crippen molar-refractivity contribution in [1.29, 1.82) is 0 Å². The summed E-state index contributed by atoms with van der Waals surface area (Å²) in [5.74, 6) is -0.194. The quantitative estimate of drug-likeness (QED) is 0.670. The molecule has 0 unspecified atom stereocenters. The predicted octanol–water partition coefficient (Wildman–Crippen LogP) is 2.90. The van der Waals surface area contributed by atoms with E-state index in [0.717, 1.165) is 0 Å². The fraction of sp³-hybridized carbons (Fsp3) is 0.421. The number of urea groups is 1. The van der Waals surface area contributed by atoms with Gasteiger partial charge >= 0.3 is 12.0 Å². The highest BCUT2D eigenvalue weighted by Gasteiger charge is 2.32. The van der Waals surface area contributed by atoms with Crippen LogP contribution in [0.1, 0.15) is 39.3 Å². The van der Waals surface area contributed by atoms with Crippen molar-refractivity contribution in [3.63, 3.8) is 0 Å². The Balaban J connectivity index is 2.45. The van der Waals surface area contributed by atoms with Crippen molar-refractivity contribution in [2.75, 3.05) is 13.7 Å². The summed E-state index contributed by atoms with van der Waals surface area (Å²) < 4.78 is 15.9. The number of Topliss-reactive ketones (excluding diaryl/α,β-unsaturated/α-hetero) is 1. The van der Waals surface area contributed by atoms with Crippen LogP contribution in [0.4, 0.5) is 4.79 Å². The second kappa shape index (κ2) is 8.97. The lowest BCUT2D eigenvalue weighted by molar-refractivity contribution is -0.150. The number of benzene rings is 1. The second-order valence-corrected chi connectivity index (χ2v) is 6.57. The van der Waals surface area contributed by atoms with Gasteiger partial charge in [-0.3, -0.25) is 4.79 Å². The third-order valence-corrected chi connectivity index (χ3v) is 4.49. The summed E-state index contributed by atoms with van der Waals surface area (Å²) in [6, 6.07) is 1.86. The molecule has 1 aliphatic rings. The standard InChI is InChI=1S/C19H23ClN2O6/c1-6-27-18(24)11(4)28-15-8-13(20)12(7-14(15)26-5)17-16(10(3)23)9(2)21-19(25)22-17/h7-8,11,17H,6H2,1-5H3,(H2,21,22,25)/t11-,17-/m0/s1. The van der Waals surface area contributed by atoms with Crippen molar-refractivity contribution in [3.8, 4) is 11.5 Å². The first-order valence-electron chi connectivity index (χ1n) is 8.69. The number of rotatable bonds is 7. The van der Waals surface area contributed by atoms with Crippen LogP contribution in [0.15, 0.2) is 23.4 Å². The highest BCUT2D eigenvalue weighted by Crippen LogP contribution is 2.39. The zero-order chi connectivity index (χ0) is 21.0. The van der Waals surface area contributed by atoms with Crippen LogP contribution in [-0.4, -0.2) is 37.6 Å². The number of ether oxygens (including phenoxy) is 3. The van der Waals surface area contributed by atoms with Crippen molar-refractivity contribution in [3.05, 3.63) is 34.0 Å². The lowest BCUT2D eigenvalue weighted by Crippen LogP contribution is -2.44. The molecule has 0 saturated carbocycles. The van der Waals surface area contributed by atoms with Crippen molar-refractivity contribution >= 4 is 29.4 Å². The van der Waals surface area contributed by atoms with E-state index in [2.05, 4.69) is 10.6 Å². The van der Waals surface area contributed by atoms with Gasteiger partial charge in [0.15, 0.2) is 23.4 Å². The molecule has 0 fully saturated rings. The van der Waals surface area contributed by atoms with Gasteiger partial charge in [-0.25, -0.2) is 9.59 Å². The highest BCUT2D eigenvalue weighted by atomic mass is 35.5. The third-order valence-electron chi connectivity index (χ3n) is 4.16. The first-order valence-corrected chi connectivity index (χ1v) is 9.07.